The number of hydrogen-bond donors (Lipinski definition) is 2. The summed E-state index contributed by atoms with van der Waals surface area (Å²) in [5.41, 5.74) is 0.873. The molecule has 1 saturated heterocycles. The molecule has 19 heavy (non-hydrogen) atoms. The van der Waals surface area contributed by atoms with E-state index < -0.39 is 6.04 Å². The van der Waals surface area contributed by atoms with Gasteiger partial charge >= 0.3 is 0 Å². The molecule has 1 aliphatic heterocycles. The van der Waals surface area contributed by atoms with E-state index in [1.807, 2.05) is 6.92 Å². The van der Waals surface area contributed by atoms with Crippen molar-refractivity contribution in [2.45, 2.75) is 31.8 Å². The zero-order valence-corrected chi connectivity index (χ0v) is 12.0. The zero-order chi connectivity index (χ0) is 14.0. The standard InChI is InChI=1S/C13H14BrFN2O2/c1-7(8-2-3-10(15)9(14)6-8)16-11-4-5-12(18)17-13(11)19/h2-3,6-7,11,16H,4-5H2,1H3,(H,17,18,19). The van der Waals surface area contributed by atoms with Crippen molar-refractivity contribution in [3.63, 3.8) is 0 Å². The van der Waals surface area contributed by atoms with Gasteiger partial charge in [0.15, 0.2) is 0 Å². The van der Waals surface area contributed by atoms with Crippen molar-refractivity contribution in [1.82, 2.24) is 10.6 Å². The van der Waals surface area contributed by atoms with Crippen LogP contribution in [0.15, 0.2) is 22.7 Å². The molecule has 4 nitrogen and oxygen atoms in total. The van der Waals surface area contributed by atoms with E-state index in [9.17, 15) is 14.0 Å². The number of carbonyl (C=O) groups excluding carboxylic acids is 2. The molecule has 1 fully saturated rings. The molecule has 0 saturated carbocycles. The van der Waals surface area contributed by atoms with Crippen molar-refractivity contribution in [1.29, 1.82) is 0 Å². The van der Waals surface area contributed by atoms with Gasteiger partial charge in [0.2, 0.25) is 11.8 Å². The summed E-state index contributed by atoms with van der Waals surface area (Å²) in [6, 6.07) is 4.22. The highest BCUT2D eigenvalue weighted by molar-refractivity contribution is 9.10. The van der Waals surface area contributed by atoms with Crippen LogP contribution in [0, 0.1) is 5.82 Å². The lowest BCUT2D eigenvalue weighted by molar-refractivity contribution is -0.134. The quantitative estimate of drug-likeness (QED) is 0.835. The lowest BCUT2D eigenvalue weighted by Crippen LogP contribution is -2.51. The Labute approximate surface area is 118 Å². The molecule has 2 N–H and O–H groups in total. The van der Waals surface area contributed by atoms with E-state index in [4.69, 9.17) is 0 Å². The number of carbonyl (C=O) groups is 2. The molecule has 1 aromatic rings. The van der Waals surface area contributed by atoms with E-state index >= 15 is 0 Å². The minimum Gasteiger partial charge on any atom is -0.299 e. The summed E-state index contributed by atoms with van der Waals surface area (Å²) < 4.78 is 13.5. The topological polar surface area (TPSA) is 58.2 Å². The fraction of sp³-hybridized carbons (Fsp3) is 0.385. The number of imide groups is 1. The average Bonchev–Trinajstić information content (AvgIpc) is 2.36. The normalized spacial score (nSPS) is 21.1. The molecule has 102 valence electrons. The molecule has 0 bridgehead atoms. The molecule has 0 radical (unpaired) electrons. The first kappa shape index (κ1) is 14.1. The van der Waals surface area contributed by atoms with Gasteiger partial charge in [-0.3, -0.25) is 20.2 Å². The number of nitrogens with one attached hydrogen (secondary N) is 2. The van der Waals surface area contributed by atoms with Crippen LogP contribution in [0.4, 0.5) is 4.39 Å². The van der Waals surface area contributed by atoms with Crippen LogP contribution < -0.4 is 10.6 Å². The Morgan fingerprint density at radius 2 is 2.21 bits per heavy atom. The molecule has 1 heterocycles. The Morgan fingerprint density at radius 3 is 2.84 bits per heavy atom. The Bertz CT molecular complexity index is 521. The van der Waals surface area contributed by atoms with Crippen molar-refractivity contribution < 1.29 is 14.0 Å². The molecule has 2 atom stereocenters. The average molecular weight is 329 g/mol. The highest BCUT2D eigenvalue weighted by atomic mass is 79.9. The van der Waals surface area contributed by atoms with E-state index in [0.717, 1.165) is 5.56 Å². The first-order valence-electron chi connectivity index (χ1n) is 6.02. The monoisotopic (exact) mass is 328 g/mol. The molecule has 1 aliphatic rings. The minimum atomic E-state index is -0.392. The van der Waals surface area contributed by atoms with Gasteiger partial charge in [0, 0.05) is 12.5 Å². The molecular weight excluding hydrogens is 315 g/mol. The van der Waals surface area contributed by atoms with Gasteiger partial charge in [-0.25, -0.2) is 4.39 Å². The number of amides is 2. The third-order valence-electron chi connectivity index (χ3n) is 3.13. The summed E-state index contributed by atoms with van der Waals surface area (Å²) in [6.07, 6.45) is 0.820. The number of benzene rings is 1. The van der Waals surface area contributed by atoms with Crippen molar-refractivity contribution in [3.05, 3.63) is 34.1 Å². The summed E-state index contributed by atoms with van der Waals surface area (Å²) in [4.78, 5) is 22.7. The highest BCUT2D eigenvalue weighted by Gasteiger charge is 2.27. The molecule has 0 spiro atoms. The second-order valence-electron chi connectivity index (χ2n) is 4.57. The number of halogens is 2. The Kier molecular flexibility index (Phi) is 4.31. The number of piperidine rings is 1. The van der Waals surface area contributed by atoms with Gasteiger partial charge in [0.1, 0.15) is 5.82 Å². The minimum absolute atomic E-state index is 0.110. The third-order valence-corrected chi connectivity index (χ3v) is 3.74. The van der Waals surface area contributed by atoms with E-state index in [1.165, 1.54) is 6.07 Å². The lowest BCUT2D eigenvalue weighted by atomic mass is 10.0. The van der Waals surface area contributed by atoms with Crippen LogP contribution in [0.2, 0.25) is 0 Å². The van der Waals surface area contributed by atoms with Gasteiger partial charge in [0.05, 0.1) is 10.5 Å². The molecule has 2 rings (SSSR count). The third kappa shape index (κ3) is 3.39. The predicted octanol–water partition coefficient (Wildman–Crippen LogP) is 2.04. The molecule has 6 heteroatoms. The summed E-state index contributed by atoms with van der Waals surface area (Å²) in [6.45, 7) is 1.89. The van der Waals surface area contributed by atoms with E-state index in [1.54, 1.807) is 12.1 Å². The second kappa shape index (κ2) is 5.79. The maximum Gasteiger partial charge on any atom is 0.243 e. The number of rotatable bonds is 3. The summed E-state index contributed by atoms with van der Waals surface area (Å²) >= 11 is 3.13. The van der Waals surface area contributed by atoms with Gasteiger partial charge in [-0.15, -0.1) is 0 Å². The van der Waals surface area contributed by atoms with Crippen molar-refractivity contribution in [2.24, 2.45) is 0 Å². The molecule has 2 unspecified atom stereocenters. The maximum absolute atomic E-state index is 13.2. The summed E-state index contributed by atoms with van der Waals surface area (Å²) in [5.74, 6) is -0.860. The predicted molar refractivity (Wildman–Crippen MR) is 71.8 cm³/mol. The van der Waals surface area contributed by atoms with Crippen molar-refractivity contribution in [2.75, 3.05) is 0 Å². The fourth-order valence-corrected chi connectivity index (χ4v) is 2.43. The van der Waals surface area contributed by atoms with Crippen LogP contribution in [0.3, 0.4) is 0 Å². The zero-order valence-electron chi connectivity index (χ0n) is 10.4. The van der Waals surface area contributed by atoms with E-state index in [2.05, 4.69) is 26.6 Å². The molecular formula is C13H14BrFN2O2. The Hall–Kier alpha value is -1.27. The van der Waals surface area contributed by atoms with Crippen molar-refractivity contribution in [3.8, 4) is 0 Å². The van der Waals surface area contributed by atoms with Gasteiger partial charge < -0.3 is 0 Å². The molecule has 0 aromatic heterocycles. The second-order valence-corrected chi connectivity index (χ2v) is 5.42. The van der Waals surface area contributed by atoms with Gasteiger partial charge in [-0.05, 0) is 47.0 Å². The summed E-state index contributed by atoms with van der Waals surface area (Å²) in [7, 11) is 0. The Balaban J connectivity index is 2.04. The molecule has 0 aliphatic carbocycles. The lowest BCUT2D eigenvalue weighted by Gasteiger charge is -2.25. The first-order valence-corrected chi connectivity index (χ1v) is 6.81. The van der Waals surface area contributed by atoms with Crippen LogP contribution in [-0.4, -0.2) is 17.9 Å². The van der Waals surface area contributed by atoms with Crippen LogP contribution in [-0.2, 0) is 9.59 Å². The van der Waals surface area contributed by atoms with Crippen LogP contribution in [0.5, 0.6) is 0 Å². The SMILES string of the molecule is CC(NC1CCC(=O)NC1=O)c1ccc(F)c(Br)c1. The van der Waals surface area contributed by atoms with Crippen LogP contribution >= 0.6 is 15.9 Å². The largest absolute Gasteiger partial charge is 0.299 e. The smallest absolute Gasteiger partial charge is 0.243 e. The fourth-order valence-electron chi connectivity index (χ4n) is 2.03. The van der Waals surface area contributed by atoms with Gasteiger partial charge in [-0.2, -0.15) is 0 Å². The molecule has 1 aromatic carbocycles. The highest BCUT2D eigenvalue weighted by Crippen LogP contribution is 2.22. The van der Waals surface area contributed by atoms with E-state index in [0.29, 0.717) is 17.3 Å². The maximum atomic E-state index is 13.2. The molecule has 2 amide bonds. The Morgan fingerprint density at radius 1 is 1.47 bits per heavy atom. The first-order chi connectivity index (χ1) is 8.97. The van der Waals surface area contributed by atoms with Crippen LogP contribution in [0.25, 0.3) is 0 Å². The van der Waals surface area contributed by atoms with Crippen LogP contribution in [0.1, 0.15) is 31.4 Å². The van der Waals surface area contributed by atoms with Crippen molar-refractivity contribution >= 4 is 27.7 Å². The summed E-state index contributed by atoms with van der Waals surface area (Å²) in [5, 5.41) is 5.44. The van der Waals surface area contributed by atoms with Gasteiger partial charge in [0.25, 0.3) is 0 Å². The number of hydrogen-bond acceptors (Lipinski definition) is 3. The van der Waals surface area contributed by atoms with E-state index in [-0.39, 0.29) is 23.7 Å². The van der Waals surface area contributed by atoms with Gasteiger partial charge in [-0.1, -0.05) is 6.07 Å².